The van der Waals surface area contributed by atoms with E-state index in [2.05, 4.69) is 5.32 Å². The lowest BCUT2D eigenvalue weighted by molar-refractivity contribution is -0.118. The molecule has 0 atom stereocenters. The summed E-state index contributed by atoms with van der Waals surface area (Å²) in [5.41, 5.74) is 1.71. The minimum Gasteiger partial charge on any atom is -0.493 e. The van der Waals surface area contributed by atoms with Crippen LogP contribution in [0.15, 0.2) is 36.4 Å². The fourth-order valence-electron chi connectivity index (χ4n) is 3.70. The number of carbonyl (C=O) groups excluding carboxylic acids is 1. The number of aryl methyl sites for hydroxylation is 1. The second-order valence-electron chi connectivity index (χ2n) is 7.33. The number of hydrogen-bond acceptors (Lipinski definition) is 5. The van der Waals surface area contributed by atoms with Crippen molar-refractivity contribution in [2.24, 2.45) is 0 Å². The molecule has 1 fully saturated rings. The Balaban J connectivity index is 1.37. The maximum Gasteiger partial charge on any atom is 0.262 e. The summed E-state index contributed by atoms with van der Waals surface area (Å²) in [6.07, 6.45) is 5.23. The van der Waals surface area contributed by atoms with Crippen LogP contribution >= 0.6 is 0 Å². The number of benzene rings is 2. The van der Waals surface area contributed by atoms with Gasteiger partial charge in [-0.3, -0.25) is 4.79 Å². The summed E-state index contributed by atoms with van der Waals surface area (Å²) in [5.74, 6) is 1.78. The number of anilines is 1. The van der Waals surface area contributed by atoms with Crippen LogP contribution in [-0.4, -0.2) is 25.4 Å². The van der Waals surface area contributed by atoms with Crippen molar-refractivity contribution in [1.82, 2.24) is 0 Å². The van der Waals surface area contributed by atoms with Crippen molar-refractivity contribution < 1.29 is 23.7 Å². The van der Waals surface area contributed by atoms with Crippen molar-refractivity contribution >= 4 is 11.6 Å². The van der Waals surface area contributed by atoms with Crippen LogP contribution in [0.3, 0.4) is 0 Å². The molecule has 1 spiro atoms. The quantitative estimate of drug-likeness (QED) is 0.826. The Morgan fingerprint density at radius 3 is 2.61 bits per heavy atom. The average molecular weight is 383 g/mol. The van der Waals surface area contributed by atoms with E-state index in [9.17, 15) is 4.79 Å². The van der Waals surface area contributed by atoms with Crippen LogP contribution < -0.4 is 24.3 Å². The SMILES string of the molecule is COc1cc(C)ccc1OCC(=O)Nc1ccc2c(c1)OC1(CCCCC1)O2. The molecule has 28 heavy (non-hydrogen) atoms. The molecule has 1 heterocycles. The summed E-state index contributed by atoms with van der Waals surface area (Å²) < 4.78 is 23.1. The van der Waals surface area contributed by atoms with Crippen LogP contribution in [0, 0.1) is 6.92 Å². The first kappa shape index (κ1) is 18.5. The standard InChI is InChI=1S/C22H25NO5/c1-15-6-8-17(19(12-15)25-2)26-14-21(24)23-16-7-9-18-20(13-16)28-22(27-18)10-4-3-5-11-22/h6-9,12-13H,3-5,10-11,14H2,1-2H3,(H,23,24). The zero-order valence-electron chi connectivity index (χ0n) is 16.2. The highest BCUT2D eigenvalue weighted by molar-refractivity contribution is 5.92. The molecule has 0 aromatic heterocycles. The van der Waals surface area contributed by atoms with Gasteiger partial charge in [-0.1, -0.05) is 12.5 Å². The Hall–Kier alpha value is -2.89. The molecule has 0 radical (unpaired) electrons. The van der Waals surface area contributed by atoms with Crippen LogP contribution in [0.1, 0.15) is 37.7 Å². The zero-order valence-corrected chi connectivity index (χ0v) is 16.2. The van der Waals surface area contributed by atoms with Gasteiger partial charge in [0.15, 0.2) is 29.6 Å². The Morgan fingerprint density at radius 1 is 1.04 bits per heavy atom. The smallest absolute Gasteiger partial charge is 0.262 e. The summed E-state index contributed by atoms with van der Waals surface area (Å²) >= 11 is 0. The molecular weight excluding hydrogens is 358 g/mol. The van der Waals surface area contributed by atoms with Crippen molar-refractivity contribution in [2.45, 2.75) is 44.8 Å². The Kier molecular flexibility index (Phi) is 5.03. The van der Waals surface area contributed by atoms with Crippen molar-refractivity contribution in [3.05, 3.63) is 42.0 Å². The van der Waals surface area contributed by atoms with Crippen LogP contribution in [0.5, 0.6) is 23.0 Å². The monoisotopic (exact) mass is 383 g/mol. The Labute approximate surface area is 164 Å². The fraction of sp³-hybridized carbons (Fsp3) is 0.409. The summed E-state index contributed by atoms with van der Waals surface area (Å²) in [4.78, 5) is 12.3. The minimum atomic E-state index is -0.520. The van der Waals surface area contributed by atoms with Gasteiger partial charge < -0.3 is 24.3 Å². The van der Waals surface area contributed by atoms with Crippen molar-refractivity contribution in [3.8, 4) is 23.0 Å². The average Bonchev–Trinajstić information content (AvgIpc) is 3.03. The summed E-state index contributed by atoms with van der Waals surface area (Å²) in [5, 5.41) is 2.84. The molecule has 6 nitrogen and oxygen atoms in total. The third kappa shape index (κ3) is 3.86. The summed E-state index contributed by atoms with van der Waals surface area (Å²) in [6.45, 7) is 1.86. The predicted octanol–water partition coefficient (Wildman–Crippen LogP) is 4.45. The van der Waals surface area contributed by atoms with Gasteiger partial charge in [-0.25, -0.2) is 0 Å². The first-order valence-corrected chi connectivity index (χ1v) is 9.66. The Morgan fingerprint density at radius 2 is 1.82 bits per heavy atom. The number of ether oxygens (including phenoxy) is 4. The van der Waals surface area contributed by atoms with Gasteiger partial charge in [0.25, 0.3) is 11.7 Å². The predicted molar refractivity (Wildman–Crippen MR) is 105 cm³/mol. The number of carbonyl (C=O) groups is 1. The van der Waals surface area contributed by atoms with E-state index in [1.165, 1.54) is 6.42 Å². The van der Waals surface area contributed by atoms with E-state index in [1.54, 1.807) is 13.2 Å². The number of amides is 1. The molecule has 6 heteroatoms. The molecule has 4 rings (SSSR count). The molecule has 2 aliphatic rings. The summed E-state index contributed by atoms with van der Waals surface area (Å²) in [6, 6.07) is 11.0. The largest absolute Gasteiger partial charge is 0.493 e. The van der Waals surface area contributed by atoms with Crippen LogP contribution in [0.4, 0.5) is 5.69 Å². The normalized spacial score (nSPS) is 16.6. The minimum absolute atomic E-state index is 0.113. The molecule has 2 aromatic rings. The van der Waals surface area contributed by atoms with E-state index in [1.807, 2.05) is 37.3 Å². The van der Waals surface area contributed by atoms with E-state index >= 15 is 0 Å². The van der Waals surface area contributed by atoms with Crippen LogP contribution in [-0.2, 0) is 4.79 Å². The van der Waals surface area contributed by atoms with Crippen LogP contribution in [0.2, 0.25) is 0 Å². The molecule has 2 aromatic carbocycles. The van der Waals surface area contributed by atoms with Crippen LogP contribution in [0.25, 0.3) is 0 Å². The zero-order chi connectivity index (χ0) is 19.6. The molecule has 0 saturated heterocycles. The van der Waals surface area contributed by atoms with Crippen molar-refractivity contribution in [1.29, 1.82) is 0 Å². The maximum atomic E-state index is 12.3. The highest BCUT2D eigenvalue weighted by Crippen LogP contribution is 2.46. The molecule has 1 amide bonds. The molecule has 0 unspecified atom stereocenters. The number of rotatable bonds is 5. The van der Waals surface area contributed by atoms with E-state index < -0.39 is 5.79 Å². The van der Waals surface area contributed by atoms with Crippen molar-refractivity contribution in [2.75, 3.05) is 19.0 Å². The third-order valence-electron chi connectivity index (χ3n) is 5.11. The van der Waals surface area contributed by atoms with E-state index in [4.69, 9.17) is 18.9 Å². The highest BCUT2D eigenvalue weighted by atomic mass is 16.7. The maximum absolute atomic E-state index is 12.3. The number of nitrogens with one attached hydrogen (secondary N) is 1. The Bertz CT molecular complexity index is 873. The van der Waals surface area contributed by atoms with Gasteiger partial charge in [0.05, 0.1) is 7.11 Å². The number of methoxy groups -OCH3 is 1. The second kappa shape index (κ2) is 7.62. The van der Waals surface area contributed by atoms with Gasteiger partial charge in [0.1, 0.15) is 0 Å². The van der Waals surface area contributed by atoms with Gasteiger partial charge >= 0.3 is 0 Å². The number of fused-ring (bicyclic) bond motifs is 1. The lowest BCUT2D eigenvalue weighted by Gasteiger charge is -2.31. The molecule has 1 aliphatic heterocycles. The topological polar surface area (TPSA) is 66.0 Å². The van der Waals surface area contributed by atoms with E-state index in [-0.39, 0.29) is 12.5 Å². The molecule has 1 aliphatic carbocycles. The van der Waals surface area contributed by atoms with E-state index in [0.29, 0.717) is 22.9 Å². The van der Waals surface area contributed by atoms with Gasteiger partial charge in [0, 0.05) is 24.6 Å². The molecular formula is C22H25NO5. The third-order valence-corrected chi connectivity index (χ3v) is 5.11. The fourth-order valence-corrected chi connectivity index (χ4v) is 3.70. The molecule has 1 N–H and O–H groups in total. The van der Waals surface area contributed by atoms with E-state index in [0.717, 1.165) is 37.0 Å². The van der Waals surface area contributed by atoms with Gasteiger partial charge in [0.2, 0.25) is 0 Å². The highest BCUT2D eigenvalue weighted by Gasteiger charge is 2.42. The first-order valence-electron chi connectivity index (χ1n) is 9.66. The van der Waals surface area contributed by atoms with Crippen molar-refractivity contribution in [3.63, 3.8) is 0 Å². The van der Waals surface area contributed by atoms with Gasteiger partial charge in [-0.15, -0.1) is 0 Å². The van der Waals surface area contributed by atoms with Gasteiger partial charge in [-0.05, 0) is 49.6 Å². The summed E-state index contributed by atoms with van der Waals surface area (Å²) in [7, 11) is 1.58. The first-order chi connectivity index (χ1) is 13.6. The molecule has 148 valence electrons. The second-order valence-corrected chi connectivity index (χ2v) is 7.33. The number of hydrogen-bond donors (Lipinski definition) is 1. The molecule has 1 saturated carbocycles. The van der Waals surface area contributed by atoms with Gasteiger partial charge in [-0.2, -0.15) is 0 Å². The lowest BCUT2D eigenvalue weighted by Crippen LogP contribution is -2.40. The lowest BCUT2D eigenvalue weighted by atomic mass is 9.94. The molecule has 0 bridgehead atoms.